The van der Waals surface area contributed by atoms with Crippen LogP contribution in [0.2, 0.25) is 0 Å². The summed E-state index contributed by atoms with van der Waals surface area (Å²) in [5.41, 5.74) is 7.53. The van der Waals surface area contributed by atoms with Gasteiger partial charge in [0.1, 0.15) is 5.75 Å². The zero-order valence-electron chi connectivity index (χ0n) is 14.6. The maximum atomic E-state index is 12.1. The van der Waals surface area contributed by atoms with E-state index in [9.17, 15) is 8.42 Å². The van der Waals surface area contributed by atoms with E-state index in [4.69, 9.17) is 10.5 Å². The average molecular weight is 490 g/mol. The van der Waals surface area contributed by atoms with E-state index >= 15 is 0 Å². The molecule has 0 aliphatic heterocycles. The highest BCUT2D eigenvalue weighted by Crippen LogP contribution is 2.16. The first-order chi connectivity index (χ1) is 11.9. The Hall–Kier alpha value is -1.85. The molecule has 0 saturated carbocycles. The molecule has 0 heterocycles. The van der Waals surface area contributed by atoms with E-state index in [0.717, 1.165) is 11.3 Å². The number of nitrogens with zero attached hydrogens (tertiary/aromatic N) is 1. The van der Waals surface area contributed by atoms with Crippen molar-refractivity contribution in [1.29, 1.82) is 0 Å². The van der Waals surface area contributed by atoms with Crippen LogP contribution < -0.4 is 20.5 Å². The molecule has 0 radical (unpaired) electrons. The third kappa shape index (κ3) is 6.81. The Morgan fingerprint density at radius 2 is 1.88 bits per heavy atom. The van der Waals surface area contributed by atoms with Crippen molar-refractivity contribution < 1.29 is 13.2 Å². The lowest BCUT2D eigenvalue weighted by atomic mass is 10.2. The Kier molecular flexibility index (Phi) is 8.82. The second-order valence-electron chi connectivity index (χ2n) is 5.33. The number of halogens is 1. The van der Waals surface area contributed by atoms with E-state index in [-0.39, 0.29) is 47.9 Å². The number of rotatable bonds is 7. The zero-order valence-corrected chi connectivity index (χ0v) is 17.7. The molecule has 0 spiro atoms. The summed E-state index contributed by atoms with van der Waals surface area (Å²) >= 11 is 0. The zero-order chi connectivity index (χ0) is 18.3. The van der Waals surface area contributed by atoms with Crippen molar-refractivity contribution in [1.82, 2.24) is 4.72 Å². The summed E-state index contributed by atoms with van der Waals surface area (Å²) in [4.78, 5) is 4.33. The minimum Gasteiger partial charge on any atom is -0.497 e. The monoisotopic (exact) mass is 490 g/mol. The van der Waals surface area contributed by atoms with Crippen molar-refractivity contribution in [3.8, 4) is 5.75 Å². The smallest absolute Gasteiger partial charge is 0.240 e. The van der Waals surface area contributed by atoms with Crippen LogP contribution in [0.4, 0.5) is 5.69 Å². The predicted molar refractivity (Wildman–Crippen MR) is 115 cm³/mol. The molecule has 0 bridgehead atoms. The first kappa shape index (κ1) is 22.2. The Labute approximate surface area is 171 Å². The lowest BCUT2D eigenvalue weighted by Gasteiger charge is -2.08. The number of nitrogens with one attached hydrogen (secondary N) is 2. The molecule has 7 nitrogen and oxygen atoms in total. The van der Waals surface area contributed by atoms with Crippen LogP contribution in [-0.2, 0) is 10.0 Å². The normalized spacial score (nSPS) is 11.5. The number of nitrogens with two attached hydrogens (primary N) is 1. The van der Waals surface area contributed by atoms with Gasteiger partial charge < -0.3 is 15.8 Å². The highest BCUT2D eigenvalue weighted by Gasteiger charge is 2.12. The van der Waals surface area contributed by atoms with Gasteiger partial charge >= 0.3 is 0 Å². The van der Waals surface area contributed by atoms with Crippen LogP contribution >= 0.6 is 24.0 Å². The molecule has 26 heavy (non-hydrogen) atoms. The first-order valence-corrected chi connectivity index (χ1v) is 9.16. The lowest BCUT2D eigenvalue weighted by molar-refractivity contribution is 0.415. The van der Waals surface area contributed by atoms with E-state index in [1.807, 2.05) is 25.1 Å². The van der Waals surface area contributed by atoms with Crippen molar-refractivity contribution in [2.24, 2.45) is 10.7 Å². The SMILES string of the molecule is COc1cccc(NC(N)=NCCNS(=O)(=O)c2ccc(C)cc2)c1.I. The molecule has 4 N–H and O–H groups in total. The fraction of sp³-hybridized carbons (Fsp3) is 0.235. The second-order valence-corrected chi connectivity index (χ2v) is 7.10. The summed E-state index contributed by atoms with van der Waals surface area (Å²) in [5, 5.41) is 2.92. The van der Waals surface area contributed by atoms with Crippen molar-refractivity contribution in [2.75, 3.05) is 25.5 Å². The fourth-order valence-electron chi connectivity index (χ4n) is 2.05. The molecule has 0 aliphatic rings. The van der Waals surface area contributed by atoms with Gasteiger partial charge in [-0.15, -0.1) is 24.0 Å². The number of aryl methyl sites for hydroxylation is 1. The van der Waals surface area contributed by atoms with E-state index in [0.29, 0.717) is 5.75 Å². The number of aliphatic imine (C=N–C) groups is 1. The maximum Gasteiger partial charge on any atom is 0.240 e. The number of anilines is 1. The molecule has 2 rings (SSSR count). The van der Waals surface area contributed by atoms with E-state index < -0.39 is 10.0 Å². The molecular formula is C17H23IN4O3S. The topological polar surface area (TPSA) is 106 Å². The van der Waals surface area contributed by atoms with Gasteiger partial charge in [-0.2, -0.15) is 0 Å². The van der Waals surface area contributed by atoms with E-state index in [2.05, 4.69) is 15.0 Å². The summed E-state index contributed by atoms with van der Waals surface area (Å²) in [7, 11) is -1.96. The highest BCUT2D eigenvalue weighted by atomic mass is 127. The Morgan fingerprint density at radius 3 is 2.54 bits per heavy atom. The predicted octanol–water partition coefficient (Wildman–Crippen LogP) is 2.33. The van der Waals surface area contributed by atoms with Crippen molar-refractivity contribution >= 4 is 45.6 Å². The summed E-state index contributed by atoms with van der Waals surface area (Å²) in [6.45, 7) is 2.27. The second kappa shape index (κ2) is 10.3. The molecule has 9 heteroatoms. The average Bonchev–Trinajstić information content (AvgIpc) is 2.59. The van der Waals surface area contributed by atoms with E-state index in [1.54, 1.807) is 37.4 Å². The molecule has 0 unspecified atom stereocenters. The minimum atomic E-state index is -3.54. The third-order valence-electron chi connectivity index (χ3n) is 3.36. The van der Waals surface area contributed by atoms with Gasteiger partial charge in [-0.25, -0.2) is 13.1 Å². The number of hydrogen-bond donors (Lipinski definition) is 3. The molecule has 0 aromatic heterocycles. The molecule has 142 valence electrons. The minimum absolute atomic E-state index is 0. The summed E-state index contributed by atoms with van der Waals surface area (Å²) in [5.74, 6) is 0.895. The molecule has 0 fully saturated rings. The van der Waals surface area contributed by atoms with Crippen LogP contribution in [0, 0.1) is 6.92 Å². The number of guanidine groups is 1. The lowest BCUT2D eigenvalue weighted by Crippen LogP contribution is -2.28. The highest BCUT2D eigenvalue weighted by molar-refractivity contribution is 14.0. The van der Waals surface area contributed by atoms with Gasteiger partial charge in [0.25, 0.3) is 0 Å². The Morgan fingerprint density at radius 1 is 1.19 bits per heavy atom. The third-order valence-corrected chi connectivity index (χ3v) is 4.84. The maximum absolute atomic E-state index is 12.1. The summed E-state index contributed by atoms with van der Waals surface area (Å²) in [6.07, 6.45) is 0. The van der Waals surface area contributed by atoms with Crippen molar-refractivity contribution in [3.05, 3.63) is 54.1 Å². The molecule has 2 aromatic rings. The van der Waals surface area contributed by atoms with Crippen LogP contribution in [0.5, 0.6) is 5.75 Å². The van der Waals surface area contributed by atoms with Gasteiger partial charge in [0.15, 0.2) is 5.96 Å². The van der Waals surface area contributed by atoms with Crippen molar-refractivity contribution in [3.63, 3.8) is 0 Å². The quantitative estimate of drug-likeness (QED) is 0.239. The van der Waals surface area contributed by atoms with Gasteiger partial charge in [-0.3, -0.25) is 4.99 Å². The molecule has 2 aromatic carbocycles. The summed E-state index contributed by atoms with van der Waals surface area (Å²) < 4.78 is 31.9. The molecule has 0 saturated heterocycles. The van der Waals surface area contributed by atoms with Crippen LogP contribution in [0.15, 0.2) is 58.4 Å². The number of sulfonamides is 1. The molecule has 0 aliphatic carbocycles. The fourth-order valence-corrected chi connectivity index (χ4v) is 3.07. The number of ether oxygens (including phenoxy) is 1. The number of methoxy groups -OCH3 is 1. The van der Waals surface area contributed by atoms with Crippen LogP contribution in [0.25, 0.3) is 0 Å². The van der Waals surface area contributed by atoms with Gasteiger partial charge in [0, 0.05) is 18.3 Å². The largest absolute Gasteiger partial charge is 0.497 e. The van der Waals surface area contributed by atoms with Gasteiger partial charge in [0.05, 0.1) is 18.6 Å². The first-order valence-electron chi connectivity index (χ1n) is 7.68. The number of benzene rings is 2. The van der Waals surface area contributed by atoms with Gasteiger partial charge in [0.2, 0.25) is 10.0 Å². The van der Waals surface area contributed by atoms with E-state index in [1.165, 1.54) is 0 Å². The Balaban J connectivity index is 0.00000338. The van der Waals surface area contributed by atoms with Crippen LogP contribution in [-0.4, -0.2) is 34.6 Å². The Bertz CT molecular complexity index is 839. The van der Waals surface area contributed by atoms with Crippen LogP contribution in [0.1, 0.15) is 5.56 Å². The van der Waals surface area contributed by atoms with Crippen LogP contribution in [0.3, 0.4) is 0 Å². The summed E-state index contributed by atoms with van der Waals surface area (Å²) in [6, 6.07) is 13.9. The molecule has 0 atom stereocenters. The standard InChI is InChI=1S/C17H22N4O3S.HI/c1-13-6-8-16(9-7-13)25(22,23)20-11-10-19-17(18)21-14-4-3-5-15(12-14)24-2;/h3-9,12,20H,10-11H2,1-2H3,(H3,18,19,21);1H. The molecular weight excluding hydrogens is 467 g/mol. The molecule has 0 amide bonds. The van der Waals surface area contributed by atoms with Gasteiger partial charge in [-0.05, 0) is 31.2 Å². The van der Waals surface area contributed by atoms with Crippen molar-refractivity contribution in [2.45, 2.75) is 11.8 Å². The van der Waals surface area contributed by atoms with Gasteiger partial charge in [-0.1, -0.05) is 23.8 Å². The number of hydrogen-bond acceptors (Lipinski definition) is 4.